The van der Waals surface area contributed by atoms with Crippen molar-refractivity contribution in [2.75, 3.05) is 13.1 Å². The molecule has 3 rings (SSSR count). The fourth-order valence-electron chi connectivity index (χ4n) is 3.44. The van der Waals surface area contributed by atoms with Crippen LogP contribution in [0.5, 0.6) is 0 Å². The van der Waals surface area contributed by atoms with Crippen LogP contribution in [0.15, 0.2) is 18.2 Å². The van der Waals surface area contributed by atoms with Crippen LogP contribution in [0.4, 0.5) is 5.69 Å². The molecule has 21 heavy (non-hydrogen) atoms. The van der Waals surface area contributed by atoms with Gasteiger partial charge in [0, 0.05) is 37.3 Å². The van der Waals surface area contributed by atoms with E-state index in [-0.39, 0.29) is 34.3 Å². The number of hydrogen-bond acceptors (Lipinski definition) is 4. The maximum absolute atomic E-state index is 12.8. The molecule has 2 saturated heterocycles. The molecule has 3 unspecified atom stereocenters. The average Bonchev–Trinajstić information content (AvgIpc) is 2.98. The van der Waals surface area contributed by atoms with Crippen LogP contribution >= 0.6 is 11.6 Å². The number of fused-ring (bicyclic) bond motifs is 1. The van der Waals surface area contributed by atoms with Crippen LogP contribution < -0.4 is 5.32 Å². The van der Waals surface area contributed by atoms with Crippen LogP contribution in [0.25, 0.3) is 0 Å². The van der Waals surface area contributed by atoms with E-state index < -0.39 is 4.92 Å². The Hall–Kier alpha value is -1.66. The molecular formula is C14H16ClN3O3. The molecule has 1 amide bonds. The van der Waals surface area contributed by atoms with Gasteiger partial charge in [0.1, 0.15) is 0 Å². The van der Waals surface area contributed by atoms with Crippen molar-refractivity contribution in [2.24, 2.45) is 5.92 Å². The SMILES string of the molecule is CC1CC2CNCC2N1C(=O)c1cc([N+](=O)[O-])ccc1Cl. The summed E-state index contributed by atoms with van der Waals surface area (Å²) in [4.78, 5) is 25.0. The van der Waals surface area contributed by atoms with Crippen LogP contribution in [0.2, 0.25) is 5.02 Å². The van der Waals surface area contributed by atoms with Crippen molar-refractivity contribution >= 4 is 23.2 Å². The van der Waals surface area contributed by atoms with E-state index in [1.165, 1.54) is 18.2 Å². The molecular weight excluding hydrogens is 294 g/mol. The van der Waals surface area contributed by atoms with E-state index in [2.05, 4.69) is 5.32 Å². The van der Waals surface area contributed by atoms with Gasteiger partial charge < -0.3 is 10.2 Å². The molecule has 0 aliphatic carbocycles. The molecule has 2 aliphatic rings. The fraction of sp³-hybridized carbons (Fsp3) is 0.500. The first-order valence-electron chi connectivity index (χ1n) is 6.96. The average molecular weight is 310 g/mol. The summed E-state index contributed by atoms with van der Waals surface area (Å²) in [5.41, 5.74) is 0.0981. The Bertz CT molecular complexity index is 607. The number of nitrogens with zero attached hydrogens (tertiary/aromatic N) is 2. The van der Waals surface area contributed by atoms with Gasteiger partial charge in [0.2, 0.25) is 0 Å². The lowest BCUT2D eigenvalue weighted by Crippen LogP contribution is -2.42. The van der Waals surface area contributed by atoms with Gasteiger partial charge in [-0.2, -0.15) is 0 Å². The monoisotopic (exact) mass is 309 g/mol. The number of likely N-dealkylation sites (tertiary alicyclic amines) is 1. The molecule has 0 bridgehead atoms. The summed E-state index contributed by atoms with van der Waals surface area (Å²) in [5.74, 6) is 0.244. The van der Waals surface area contributed by atoms with E-state index in [4.69, 9.17) is 11.6 Å². The van der Waals surface area contributed by atoms with Crippen LogP contribution in [-0.4, -0.2) is 40.9 Å². The number of benzene rings is 1. The molecule has 7 heteroatoms. The Morgan fingerprint density at radius 2 is 2.24 bits per heavy atom. The number of nitrogens with one attached hydrogen (secondary N) is 1. The van der Waals surface area contributed by atoms with Gasteiger partial charge >= 0.3 is 0 Å². The molecule has 6 nitrogen and oxygen atoms in total. The van der Waals surface area contributed by atoms with Gasteiger partial charge in [-0.3, -0.25) is 14.9 Å². The number of carbonyl (C=O) groups is 1. The number of amides is 1. The Morgan fingerprint density at radius 3 is 2.95 bits per heavy atom. The summed E-state index contributed by atoms with van der Waals surface area (Å²) in [7, 11) is 0. The van der Waals surface area contributed by atoms with E-state index >= 15 is 0 Å². The van der Waals surface area contributed by atoms with Crippen molar-refractivity contribution in [3.63, 3.8) is 0 Å². The van der Waals surface area contributed by atoms with E-state index in [9.17, 15) is 14.9 Å². The fourth-order valence-corrected chi connectivity index (χ4v) is 3.64. The number of rotatable bonds is 2. The number of hydrogen-bond donors (Lipinski definition) is 1. The molecule has 2 fully saturated rings. The molecule has 2 aliphatic heterocycles. The summed E-state index contributed by atoms with van der Waals surface area (Å²) in [6.45, 7) is 3.70. The Morgan fingerprint density at radius 1 is 1.48 bits per heavy atom. The zero-order valence-electron chi connectivity index (χ0n) is 11.6. The van der Waals surface area contributed by atoms with E-state index in [0.29, 0.717) is 5.92 Å². The van der Waals surface area contributed by atoms with Gasteiger partial charge in [0.05, 0.1) is 15.5 Å². The lowest BCUT2D eigenvalue weighted by molar-refractivity contribution is -0.384. The minimum absolute atomic E-state index is 0.115. The van der Waals surface area contributed by atoms with Gasteiger partial charge in [-0.25, -0.2) is 0 Å². The number of halogens is 1. The van der Waals surface area contributed by atoms with Crippen molar-refractivity contribution in [1.29, 1.82) is 0 Å². The van der Waals surface area contributed by atoms with Crippen molar-refractivity contribution < 1.29 is 9.72 Å². The normalized spacial score (nSPS) is 27.7. The second kappa shape index (κ2) is 5.27. The summed E-state index contributed by atoms with van der Waals surface area (Å²) < 4.78 is 0. The first-order valence-corrected chi connectivity index (χ1v) is 7.34. The van der Waals surface area contributed by atoms with E-state index in [1.807, 2.05) is 11.8 Å². The maximum Gasteiger partial charge on any atom is 0.270 e. The first kappa shape index (κ1) is 14.3. The van der Waals surface area contributed by atoms with Crippen LogP contribution in [0.1, 0.15) is 23.7 Å². The van der Waals surface area contributed by atoms with Crippen molar-refractivity contribution in [1.82, 2.24) is 10.2 Å². The Kier molecular flexibility index (Phi) is 3.59. The minimum atomic E-state index is -0.513. The second-order valence-corrected chi connectivity index (χ2v) is 6.11. The Balaban J connectivity index is 1.94. The standard InChI is InChI=1S/C14H16ClN3O3/c1-8-4-9-6-16-7-13(9)17(8)14(19)11-5-10(18(20)21)2-3-12(11)15/h2-3,5,8-9,13,16H,4,6-7H2,1H3. The quantitative estimate of drug-likeness (QED) is 0.670. The molecule has 0 radical (unpaired) electrons. The van der Waals surface area contributed by atoms with Gasteiger partial charge in [0.25, 0.3) is 11.6 Å². The van der Waals surface area contributed by atoms with Crippen molar-refractivity contribution in [3.8, 4) is 0 Å². The van der Waals surface area contributed by atoms with E-state index in [0.717, 1.165) is 19.5 Å². The number of nitro benzene ring substituents is 1. The minimum Gasteiger partial charge on any atom is -0.331 e. The largest absolute Gasteiger partial charge is 0.331 e. The molecule has 112 valence electrons. The van der Waals surface area contributed by atoms with Crippen LogP contribution in [0, 0.1) is 16.0 Å². The summed E-state index contributed by atoms with van der Waals surface area (Å²) in [6, 6.07) is 4.28. The van der Waals surface area contributed by atoms with Crippen molar-refractivity contribution in [3.05, 3.63) is 38.9 Å². The highest BCUT2D eigenvalue weighted by Crippen LogP contribution is 2.35. The van der Waals surface area contributed by atoms with Gasteiger partial charge in [-0.1, -0.05) is 11.6 Å². The molecule has 1 aromatic carbocycles. The smallest absolute Gasteiger partial charge is 0.270 e. The molecule has 0 aromatic heterocycles. The highest BCUT2D eigenvalue weighted by atomic mass is 35.5. The molecule has 3 atom stereocenters. The molecule has 1 aromatic rings. The summed E-state index contributed by atoms with van der Waals surface area (Å²) in [5, 5.41) is 14.4. The highest BCUT2D eigenvalue weighted by molar-refractivity contribution is 6.34. The van der Waals surface area contributed by atoms with Crippen molar-refractivity contribution in [2.45, 2.75) is 25.4 Å². The zero-order valence-corrected chi connectivity index (χ0v) is 12.3. The predicted octanol–water partition coefficient (Wildman–Crippen LogP) is 2.07. The third-order valence-electron chi connectivity index (χ3n) is 4.41. The third-order valence-corrected chi connectivity index (χ3v) is 4.74. The third kappa shape index (κ3) is 2.38. The van der Waals surface area contributed by atoms with Crippen LogP contribution in [-0.2, 0) is 0 Å². The topological polar surface area (TPSA) is 75.5 Å². The van der Waals surface area contributed by atoms with Crippen LogP contribution in [0.3, 0.4) is 0 Å². The Labute approximate surface area is 127 Å². The predicted molar refractivity (Wildman–Crippen MR) is 78.5 cm³/mol. The number of carbonyl (C=O) groups excluding carboxylic acids is 1. The van der Waals surface area contributed by atoms with Gasteiger partial charge in [-0.15, -0.1) is 0 Å². The summed E-state index contributed by atoms with van der Waals surface area (Å²) >= 11 is 6.08. The molecule has 2 heterocycles. The number of nitro groups is 1. The molecule has 0 spiro atoms. The first-order chi connectivity index (χ1) is 9.99. The lowest BCUT2D eigenvalue weighted by atomic mass is 10.0. The van der Waals surface area contributed by atoms with Gasteiger partial charge in [0.15, 0.2) is 0 Å². The molecule has 1 N–H and O–H groups in total. The lowest BCUT2D eigenvalue weighted by Gasteiger charge is -2.28. The molecule has 0 saturated carbocycles. The zero-order chi connectivity index (χ0) is 15.1. The van der Waals surface area contributed by atoms with E-state index in [1.54, 1.807) is 0 Å². The maximum atomic E-state index is 12.8. The number of non-ortho nitro benzene ring substituents is 1. The second-order valence-electron chi connectivity index (χ2n) is 5.70. The van der Waals surface area contributed by atoms with Gasteiger partial charge in [-0.05, 0) is 25.3 Å². The summed E-state index contributed by atoms with van der Waals surface area (Å²) in [6.07, 6.45) is 0.954. The highest BCUT2D eigenvalue weighted by Gasteiger charge is 2.44.